The van der Waals surface area contributed by atoms with Crippen molar-refractivity contribution in [2.24, 2.45) is 0 Å². The molecule has 0 radical (unpaired) electrons. The molecule has 7 aromatic rings. The maximum atomic E-state index is 4.92. The maximum absolute atomic E-state index is 4.92. The van der Waals surface area contributed by atoms with Gasteiger partial charge in [0.05, 0.1) is 11.4 Å². The van der Waals surface area contributed by atoms with Gasteiger partial charge in [-0.3, -0.25) is 0 Å². The molecule has 42 heavy (non-hydrogen) atoms. The van der Waals surface area contributed by atoms with E-state index in [1.165, 1.54) is 0 Å². The van der Waals surface area contributed by atoms with Crippen LogP contribution in [-0.4, -0.2) is 29.9 Å². The fraction of sp³-hybridized carbons (Fsp3) is 0. The van der Waals surface area contributed by atoms with Crippen LogP contribution in [0.1, 0.15) is 0 Å². The lowest BCUT2D eigenvalue weighted by atomic mass is 10.0. The zero-order chi connectivity index (χ0) is 28.1. The minimum absolute atomic E-state index is 0.484. The Morgan fingerprint density at radius 2 is 0.643 bits per heavy atom. The first-order valence-corrected chi connectivity index (χ1v) is 13.6. The molecule has 6 heteroatoms. The van der Waals surface area contributed by atoms with E-state index in [0.29, 0.717) is 17.5 Å². The van der Waals surface area contributed by atoms with Gasteiger partial charge in [-0.2, -0.15) is 0 Å². The van der Waals surface area contributed by atoms with Crippen LogP contribution in [0.25, 0.3) is 67.8 Å². The Labute approximate surface area is 243 Å². The lowest BCUT2D eigenvalue weighted by Gasteiger charge is -2.10. The Kier molecular flexibility index (Phi) is 6.76. The summed E-state index contributed by atoms with van der Waals surface area (Å²) in [5.74, 6) is 1.67. The molecule has 0 N–H and O–H groups in total. The second-order valence-corrected chi connectivity index (χ2v) is 9.73. The Morgan fingerprint density at radius 1 is 0.286 bits per heavy atom. The van der Waals surface area contributed by atoms with Gasteiger partial charge in [0, 0.05) is 52.6 Å². The van der Waals surface area contributed by atoms with Crippen LogP contribution in [0, 0.1) is 0 Å². The summed E-state index contributed by atoms with van der Waals surface area (Å²) < 4.78 is 0. The van der Waals surface area contributed by atoms with Crippen LogP contribution in [0.2, 0.25) is 0 Å². The molecule has 0 aliphatic heterocycles. The Balaban J connectivity index is 1.15. The Morgan fingerprint density at radius 3 is 1.12 bits per heavy atom. The average molecular weight is 541 g/mol. The number of aromatic nitrogens is 6. The van der Waals surface area contributed by atoms with Crippen molar-refractivity contribution in [2.45, 2.75) is 0 Å². The lowest BCUT2D eigenvalue weighted by molar-refractivity contribution is 1.08. The summed E-state index contributed by atoms with van der Waals surface area (Å²) in [6.45, 7) is 0. The molecule has 0 saturated carbocycles. The van der Waals surface area contributed by atoms with Gasteiger partial charge in [-0.05, 0) is 17.2 Å². The van der Waals surface area contributed by atoms with E-state index >= 15 is 0 Å². The van der Waals surface area contributed by atoms with Crippen LogP contribution in [0.15, 0.2) is 146 Å². The third-order valence-electron chi connectivity index (χ3n) is 6.95. The molecular formula is C36H24N6. The molecule has 7 rings (SSSR count). The van der Waals surface area contributed by atoms with Gasteiger partial charge >= 0.3 is 0 Å². The van der Waals surface area contributed by atoms with Crippen LogP contribution < -0.4 is 0 Å². The standard InChI is InChI=1S/C36H24N6/c1-4-10-25(11-5-1)30-21-37-35(38-22-30)36-39-23-31(24-40-36)26-16-18-28(19-17-26)33-20-32(27-12-6-2-7-13-27)41-34(42-33)29-14-8-3-9-15-29/h1-24H. The highest BCUT2D eigenvalue weighted by molar-refractivity contribution is 5.74. The topological polar surface area (TPSA) is 77.3 Å². The third-order valence-corrected chi connectivity index (χ3v) is 6.95. The Bertz CT molecular complexity index is 1870. The van der Waals surface area contributed by atoms with Crippen molar-refractivity contribution in [3.05, 3.63) is 146 Å². The zero-order valence-corrected chi connectivity index (χ0v) is 22.5. The first kappa shape index (κ1) is 25.1. The molecule has 3 aromatic heterocycles. The maximum Gasteiger partial charge on any atom is 0.197 e. The van der Waals surface area contributed by atoms with E-state index < -0.39 is 0 Å². The fourth-order valence-electron chi connectivity index (χ4n) is 4.72. The predicted molar refractivity (Wildman–Crippen MR) is 166 cm³/mol. The van der Waals surface area contributed by atoms with Crippen LogP contribution in [0.5, 0.6) is 0 Å². The molecule has 198 valence electrons. The van der Waals surface area contributed by atoms with Gasteiger partial charge in [0.15, 0.2) is 17.5 Å². The molecule has 0 saturated heterocycles. The van der Waals surface area contributed by atoms with Crippen molar-refractivity contribution >= 4 is 0 Å². The van der Waals surface area contributed by atoms with E-state index in [4.69, 9.17) is 9.97 Å². The summed E-state index contributed by atoms with van der Waals surface area (Å²) in [5, 5.41) is 0. The van der Waals surface area contributed by atoms with Gasteiger partial charge < -0.3 is 0 Å². The molecule has 0 bridgehead atoms. The Hall–Kier alpha value is -5.88. The number of benzene rings is 4. The van der Waals surface area contributed by atoms with Crippen LogP contribution >= 0.6 is 0 Å². The largest absolute Gasteiger partial charge is 0.233 e. The molecule has 0 fully saturated rings. The van der Waals surface area contributed by atoms with E-state index in [2.05, 4.69) is 56.3 Å². The summed E-state index contributed by atoms with van der Waals surface area (Å²) in [6, 6.07) is 40.6. The molecule has 0 atom stereocenters. The average Bonchev–Trinajstić information content (AvgIpc) is 3.09. The van der Waals surface area contributed by atoms with Gasteiger partial charge in [-0.15, -0.1) is 0 Å². The molecule has 6 nitrogen and oxygen atoms in total. The zero-order valence-electron chi connectivity index (χ0n) is 22.5. The minimum Gasteiger partial charge on any atom is -0.233 e. The van der Waals surface area contributed by atoms with Gasteiger partial charge in [-0.25, -0.2) is 29.9 Å². The molecule has 3 heterocycles. The van der Waals surface area contributed by atoms with Crippen LogP contribution in [-0.2, 0) is 0 Å². The first-order valence-electron chi connectivity index (χ1n) is 13.6. The second-order valence-electron chi connectivity index (χ2n) is 9.73. The summed E-state index contributed by atoms with van der Waals surface area (Å²) in [6.07, 6.45) is 7.20. The molecule has 4 aromatic carbocycles. The summed E-state index contributed by atoms with van der Waals surface area (Å²) in [5.41, 5.74) is 8.69. The second kappa shape index (κ2) is 11.3. The van der Waals surface area contributed by atoms with Gasteiger partial charge in [0.1, 0.15) is 0 Å². The molecule has 0 amide bonds. The van der Waals surface area contributed by atoms with Gasteiger partial charge in [0.25, 0.3) is 0 Å². The van der Waals surface area contributed by atoms with E-state index in [9.17, 15) is 0 Å². The number of rotatable bonds is 6. The first-order chi connectivity index (χ1) is 20.8. The number of nitrogens with zero attached hydrogens (tertiary/aromatic N) is 6. The minimum atomic E-state index is 0.484. The molecular weight excluding hydrogens is 516 g/mol. The summed E-state index contributed by atoms with van der Waals surface area (Å²) >= 11 is 0. The molecule has 0 aliphatic rings. The van der Waals surface area contributed by atoms with Crippen molar-refractivity contribution in [3.63, 3.8) is 0 Å². The van der Waals surface area contributed by atoms with Crippen molar-refractivity contribution in [3.8, 4) is 67.8 Å². The quantitative estimate of drug-likeness (QED) is 0.212. The highest BCUT2D eigenvalue weighted by Gasteiger charge is 2.12. The number of hydrogen-bond acceptors (Lipinski definition) is 6. The molecule has 0 spiro atoms. The third kappa shape index (κ3) is 5.29. The van der Waals surface area contributed by atoms with Crippen LogP contribution in [0.3, 0.4) is 0 Å². The van der Waals surface area contributed by atoms with Crippen LogP contribution in [0.4, 0.5) is 0 Å². The van der Waals surface area contributed by atoms with Crippen molar-refractivity contribution in [2.75, 3.05) is 0 Å². The van der Waals surface area contributed by atoms with Crippen molar-refractivity contribution in [1.29, 1.82) is 0 Å². The highest BCUT2D eigenvalue weighted by atomic mass is 15.0. The SMILES string of the molecule is c1ccc(-c2cnc(-c3ncc(-c4ccc(-c5cc(-c6ccccc6)nc(-c6ccccc6)n5)cc4)cn3)nc2)cc1. The summed E-state index contributed by atoms with van der Waals surface area (Å²) in [4.78, 5) is 27.9. The normalized spacial score (nSPS) is 10.9. The van der Waals surface area contributed by atoms with Crippen molar-refractivity contribution < 1.29 is 0 Å². The van der Waals surface area contributed by atoms with Crippen molar-refractivity contribution in [1.82, 2.24) is 29.9 Å². The van der Waals surface area contributed by atoms with E-state index in [1.807, 2.05) is 84.9 Å². The monoisotopic (exact) mass is 540 g/mol. The lowest BCUT2D eigenvalue weighted by Crippen LogP contribution is -1.96. The predicted octanol–water partition coefficient (Wildman–Crippen LogP) is 8.06. The fourth-order valence-corrected chi connectivity index (χ4v) is 4.72. The van der Waals surface area contributed by atoms with Gasteiger partial charge in [0.2, 0.25) is 0 Å². The summed E-state index contributed by atoms with van der Waals surface area (Å²) in [7, 11) is 0. The van der Waals surface area contributed by atoms with E-state index in [0.717, 1.165) is 50.3 Å². The number of hydrogen-bond donors (Lipinski definition) is 0. The molecule has 0 aliphatic carbocycles. The van der Waals surface area contributed by atoms with Gasteiger partial charge in [-0.1, -0.05) is 115 Å². The molecule has 0 unspecified atom stereocenters. The smallest absolute Gasteiger partial charge is 0.197 e. The van der Waals surface area contributed by atoms with E-state index in [-0.39, 0.29) is 0 Å². The highest BCUT2D eigenvalue weighted by Crippen LogP contribution is 2.29. The van der Waals surface area contributed by atoms with E-state index in [1.54, 1.807) is 24.8 Å².